The van der Waals surface area contributed by atoms with E-state index in [0.29, 0.717) is 5.92 Å². The third kappa shape index (κ3) is 1.72. The summed E-state index contributed by atoms with van der Waals surface area (Å²) < 4.78 is 0. The molecule has 0 aliphatic rings. The third-order valence-electron chi connectivity index (χ3n) is 2.27. The summed E-state index contributed by atoms with van der Waals surface area (Å²) in [5.74, 6) is 0.417. The molecule has 0 saturated heterocycles. The van der Waals surface area contributed by atoms with Gasteiger partial charge in [-0.1, -0.05) is 26.0 Å². The lowest BCUT2D eigenvalue weighted by atomic mass is 9.94. The van der Waals surface area contributed by atoms with Crippen molar-refractivity contribution in [2.45, 2.75) is 26.7 Å². The highest BCUT2D eigenvalue weighted by atomic mass is 14.6. The number of benzene rings is 1. The highest BCUT2D eigenvalue weighted by Crippen LogP contribution is 2.27. The fourth-order valence-corrected chi connectivity index (χ4v) is 1.65. The van der Waals surface area contributed by atoms with Crippen LogP contribution >= 0.6 is 0 Å². The first kappa shape index (κ1) is 9.78. The molecule has 0 saturated carbocycles. The van der Waals surface area contributed by atoms with Gasteiger partial charge in [0, 0.05) is 17.5 Å². The van der Waals surface area contributed by atoms with E-state index in [9.17, 15) is 0 Å². The van der Waals surface area contributed by atoms with Gasteiger partial charge in [0.15, 0.2) is 0 Å². The van der Waals surface area contributed by atoms with Gasteiger partial charge in [0.1, 0.15) is 0 Å². The van der Waals surface area contributed by atoms with Crippen LogP contribution in [-0.2, 0) is 0 Å². The normalized spacial score (nSPS) is 10.5. The van der Waals surface area contributed by atoms with E-state index in [2.05, 4.69) is 20.8 Å². The van der Waals surface area contributed by atoms with E-state index >= 15 is 0 Å². The second-order valence-corrected chi connectivity index (χ2v) is 3.60. The Bertz CT molecular complexity index is 327. The number of nitrogens with two attached hydrogens (primary N) is 1. The van der Waals surface area contributed by atoms with Gasteiger partial charge in [-0.25, -0.2) is 0 Å². The van der Waals surface area contributed by atoms with Crippen LogP contribution in [0.2, 0.25) is 0 Å². The lowest BCUT2D eigenvalue weighted by Gasteiger charge is -2.14. The number of anilines is 1. The quantitative estimate of drug-likeness (QED) is 0.528. The van der Waals surface area contributed by atoms with E-state index in [-0.39, 0.29) is 0 Å². The van der Waals surface area contributed by atoms with Gasteiger partial charge < -0.3 is 11.1 Å². The maximum atomic E-state index is 7.19. The molecule has 0 aromatic heterocycles. The molecule has 3 N–H and O–H groups in total. The molecular weight excluding hydrogens is 160 g/mol. The Hall–Kier alpha value is -1.31. The summed E-state index contributed by atoms with van der Waals surface area (Å²) in [6.45, 7) is 6.29. The summed E-state index contributed by atoms with van der Waals surface area (Å²) in [5.41, 5.74) is 9.89. The van der Waals surface area contributed by atoms with Gasteiger partial charge in [-0.15, -0.1) is 0 Å². The van der Waals surface area contributed by atoms with Gasteiger partial charge in [-0.2, -0.15) is 0 Å². The summed E-state index contributed by atoms with van der Waals surface area (Å²) in [6.07, 6.45) is 1.31. The van der Waals surface area contributed by atoms with Gasteiger partial charge in [0.05, 0.1) is 0 Å². The topological polar surface area (TPSA) is 49.9 Å². The minimum atomic E-state index is 0.417. The van der Waals surface area contributed by atoms with E-state index in [1.54, 1.807) is 0 Å². The molecule has 0 unspecified atom stereocenters. The first-order valence-electron chi connectivity index (χ1n) is 4.47. The van der Waals surface area contributed by atoms with Crippen molar-refractivity contribution in [3.8, 4) is 0 Å². The molecule has 0 bridgehead atoms. The number of nitrogens with one attached hydrogen (secondary N) is 1. The SMILES string of the molecule is Cc1ccc(C=N)c(N)c1C(C)C. The van der Waals surface area contributed by atoms with Crippen LogP contribution in [0.5, 0.6) is 0 Å². The van der Waals surface area contributed by atoms with Crippen LogP contribution in [0.4, 0.5) is 5.69 Å². The van der Waals surface area contributed by atoms with E-state index in [0.717, 1.165) is 11.3 Å². The number of hydrogen-bond acceptors (Lipinski definition) is 2. The van der Waals surface area contributed by atoms with Crippen LogP contribution in [0.15, 0.2) is 12.1 Å². The summed E-state index contributed by atoms with van der Waals surface area (Å²) >= 11 is 0. The summed E-state index contributed by atoms with van der Waals surface area (Å²) in [4.78, 5) is 0. The maximum Gasteiger partial charge on any atom is 0.0440 e. The molecule has 0 fully saturated rings. The van der Waals surface area contributed by atoms with E-state index in [4.69, 9.17) is 11.1 Å². The first-order valence-corrected chi connectivity index (χ1v) is 4.47. The van der Waals surface area contributed by atoms with Crippen LogP contribution in [0.25, 0.3) is 0 Å². The molecule has 0 aliphatic carbocycles. The highest BCUT2D eigenvalue weighted by Gasteiger charge is 2.09. The van der Waals surface area contributed by atoms with Crippen LogP contribution in [-0.4, -0.2) is 6.21 Å². The minimum Gasteiger partial charge on any atom is -0.398 e. The molecule has 0 amide bonds. The predicted octanol–water partition coefficient (Wildman–Crippen LogP) is 2.70. The third-order valence-corrected chi connectivity index (χ3v) is 2.27. The fourth-order valence-electron chi connectivity index (χ4n) is 1.65. The lowest BCUT2D eigenvalue weighted by molar-refractivity contribution is 0.860. The second kappa shape index (κ2) is 3.60. The van der Waals surface area contributed by atoms with Crippen molar-refractivity contribution in [2.75, 3.05) is 5.73 Å². The van der Waals surface area contributed by atoms with Crippen molar-refractivity contribution in [1.29, 1.82) is 5.41 Å². The van der Waals surface area contributed by atoms with Gasteiger partial charge in [-0.05, 0) is 24.0 Å². The van der Waals surface area contributed by atoms with Gasteiger partial charge in [0.2, 0.25) is 0 Å². The van der Waals surface area contributed by atoms with Crippen LogP contribution in [0, 0.1) is 12.3 Å². The summed E-state index contributed by atoms with van der Waals surface area (Å²) in [6, 6.07) is 3.91. The van der Waals surface area contributed by atoms with Crippen LogP contribution < -0.4 is 5.73 Å². The number of nitrogen functional groups attached to an aromatic ring is 1. The van der Waals surface area contributed by atoms with E-state index in [1.165, 1.54) is 17.3 Å². The molecule has 2 nitrogen and oxygen atoms in total. The molecule has 0 aliphatic heterocycles. The molecule has 1 aromatic carbocycles. The van der Waals surface area contributed by atoms with Gasteiger partial charge >= 0.3 is 0 Å². The highest BCUT2D eigenvalue weighted by molar-refractivity contribution is 5.86. The monoisotopic (exact) mass is 176 g/mol. The first-order chi connectivity index (χ1) is 6.07. The predicted molar refractivity (Wildman–Crippen MR) is 57.6 cm³/mol. The molecule has 0 atom stereocenters. The smallest absolute Gasteiger partial charge is 0.0440 e. The molecule has 0 radical (unpaired) electrons. The molecule has 2 heteroatoms. The molecule has 1 aromatic rings. The molecule has 70 valence electrons. The number of hydrogen-bond donors (Lipinski definition) is 2. The largest absolute Gasteiger partial charge is 0.398 e. The van der Waals surface area contributed by atoms with Gasteiger partial charge in [-0.3, -0.25) is 0 Å². The Balaban J connectivity index is 3.38. The minimum absolute atomic E-state index is 0.417. The Morgan fingerprint density at radius 3 is 2.46 bits per heavy atom. The van der Waals surface area contributed by atoms with Crippen molar-refractivity contribution in [3.63, 3.8) is 0 Å². The van der Waals surface area contributed by atoms with Gasteiger partial charge in [0.25, 0.3) is 0 Å². The van der Waals surface area contributed by atoms with E-state index < -0.39 is 0 Å². The standard InChI is InChI=1S/C11H16N2/c1-7(2)10-8(3)4-5-9(6-12)11(10)13/h4-7,12H,13H2,1-3H3. The number of rotatable bonds is 2. The Kier molecular flexibility index (Phi) is 2.71. The van der Waals surface area contributed by atoms with Crippen LogP contribution in [0.1, 0.15) is 36.5 Å². The van der Waals surface area contributed by atoms with E-state index in [1.807, 2.05) is 12.1 Å². The summed E-state index contributed by atoms with van der Waals surface area (Å²) in [5, 5.41) is 7.19. The molecular formula is C11H16N2. The Morgan fingerprint density at radius 1 is 1.38 bits per heavy atom. The molecule has 1 rings (SSSR count). The Labute approximate surface area is 79.3 Å². The average molecular weight is 176 g/mol. The maximum absolute atomic E-state index is 7.19. The zero-order valence-electron chi connectivity index (χ0n) is 8.39. The molecule has 0 spiro atoms. The second-order valence-electron chi connectivity index (χ2n) is 3.60. The Morgan fingerprint density at radius 2 is 2.00 bits per heavy atom. The molecule has 0 heterocycles. The molecule has 13 heavy (non-hydrogen) atoms. The van der Waals surface area contributed by atoms with Crippen molar-refractivity contribution in [3.05, 3.63) is 28.8 Å². The summed E-state index contributed by atoms with van der Waals surface area (Å²) in [7, 11) is 0. The average Bonchev–Trinajstić information content (AvgIpc) is 2.04. The van der Waals surface area contributed by atoms with Crippen molar-refractivity contribution in [1.82, 2.24) is 0 Å². The number of aryl methyl sites for hydroxylation is 1. The fraction of sp³-hybridized carbons (Fsp3) is 0.364. The zero-order valence-corrected chi connectivity index (χ0v) is 8.39. The van der Waals surface area contributed by atoms with Crippen molar-refractivity contribution in [2.24, 2.45) is 0 Å². The van der Waals surface area contributed by atoms with Crippen molar-refractivity contribution < 1.29 is 0 Å². The van der Waals surface area contributed by atoms with Crippen molar-refractivity contribution >= 4 is 11.9 Å². The zero-order chi connectivity index (χ0) is 10.0. The lowest BCUT2D eigenvalue weighted by Crippen LogP contribution is -2.03. The van der Waals surface area contributed by atoms with Crippen LogP contribution in [0.3, 0.4) is 0 Å².